The summed E-state index contributed by atoms with van der Waals surface area (Å²) in [6.45, 7) is 2.22. The number of carbonyl (C=O) groups is 1. The Morgan fingerprint density at radius 3 is 2.45 bits per heavy atom. The Hall–Kier alpha value is -0.620. The molecule has 2 aliphatic rings. The molecule has 1 amide bonds. The number of rotatable bonds is 6. The van der Waals surface area contributed by atoms with Gasteiger partial charge in [-0.2, -0.15) is 8.42 Å². The van der Waals surface area contributed by atoms with Crippen LogP contribution in [-0.2, 0) is 14.9 Å². The highest BCUT2D eigenvalue weighted by atomic mass is 32.2. The molecule has 2 fully saturated rings. The average Bonchev–Trinajstić information content (AvgIpc) is 3.16. The number of hydrogen-bond acceptors (Lipinski definition) is 3. The van der Waals surface area contributed by atoms with Gasteiger partial charge in [0.2, 0.25) is 5.91 Å². The lowest BCUT2D eigenvalue weighted by Crippen LogP contribution is -2.38. The summed E-state index contributed by atoms with van der Waals surface area (Å²) >= 11 is 0. The molecule has 116 valence electrons. The first-order chi connectivity index (χ1) is 9.39. The van der Waals surface area contributed by atoms with Crippen LogP contribution in [0.4, 0.5) is 0 Å². The van der Waals surface area contributed by atoms with Crippen molar-refractivity contribution in [1.29, 1.82) is 0 Å². The van der Waals surface area contributed by atoms with Crippen LogP contribution in [0, 0.1) is 17.8 Å². The van der Waals surface area contributed by atoms with Gasteiger partial charge in [-0.25, -0.2) is 0 Å². The van der Waals surface area contributed by atoms with E-state index in [4.69, 9.17) is 4.55 Å². The molecule has 2 rings (SSSR count). The van der Waals surface area contributed by atoms with Gasteiger partial charge < -0.3 is 5.32 Å². The predicted molar refractivity (Wildman–Crippen MR) is 76.8 cm³/mol. The lowest BCUT2D eigenvalue weighted by Gasteiger charge is -2.28. The Kier molecular flexibility index (Phi) is 5.07. The monoisotopic (exact) mass is 303 g/mol. The highest BCUT2D eigenvalue weighted by Gasteiger charge is 2.43. The van der Waals surface area contributed by atoms with E-state index in [0.29, 0.717) is 12.5 Å². The fraction of sp³-hybridized carbons (Fsp3) is 0.929. The van der Waals surface area contributed by atoms with E-state index in [-0.39, 0.29) is 23.5 Å². The summed E-state index contributed by atoms with van der Waals surface area (Å²) in [5.74, 6) is 0.740. The minimum absolute atomic E-state index is 0.0411. The van der Waals surface area contributed by atoms with Gasteiger partial charge in [0.25, 0.3) is 10.1 Å². The average molecular weight is 303 g/mol. The van der Waals surface area contributed by atoms with Crippen molar-refractivity contribution in [3.05, 3.63) is 0 Å². The minimum Gasteiger partial charge on any atom is -0.353 e. The summed E-state index contributed by atoms with van der Waals surface area (Å²) in [4.78, 5) is 12.0. The molecule has 0 spiro atoms. The maximum absolute atomic E-state index is 12.0. The van der Waals surface area contributed by atoms with Crippen LogP contribution in [0.25, 0.3) is 0 Å². The van der Waals surface area contributed by atoms with Crippen LogP contribution >= 0.6 is 0 Å². The van der Waals surface area contributed by atoms with Gasteiger partial charge in [-0.3, -0.25) is 9.35 Å². The molecule has 0 heterocycles. The smallest absolute Gasteiger partial charge is 0.264 e. The van der Waals surface area contributed by atoms with Gasteiger partial charge in [0.05, 0.1) is 5.75 Å². The lowest BCUT2D eigenvalue weighted by atomic mass is 9.84. The van der Waals surface area contributed by atoms with Gasteiger partial charge in [-0.15, -0.1) is 0 Å². The molecule has 2 N–H and O–H groups in total. The second-order valence-corrected chi connectivity index (χ2v) is 7.88. The molecule has 0 aromatic heterocycles. The third-order valence-corrected chi connectivity index (χ3v) is 5.53. The summed E-state index contributed by atoms with van der Waals surface area (Å²) in [6, 6.07) is 0.299. The van der Waals surface area contributed by atoms with Crippen molar-refractivity contribution in [1.82, 2.24) is 5.32 Å². The van der Waals surface area contributed by atoms with Crippen molar-refractivity contribution >= 4 is 16.0 Å². The van der Waals surface area contributed by atoms with Crippen LogP contribution in [0.3, 0.4) is 0 Å². The van der Waals surface area contributed by atoms with Crippen LogP contribution in [-0.4, -0.2) is 30.7 Å². The summed E-state index contributed by atoms with van der Waals surface area (Å²) in [5, 5.41) is 3.10. The van der Waals surface area contributed by atoms with Crippen molar-refractivity contribution in [2.45, 2.75) is 57.9 Å². The van der Waals surface area contributed by atoms with Crippen LogP contribution in [0.5, 0.6) is 0 Å². The standard InChI is InChI=1S/C14H25NO4S/c1-2-10-3-5-12(6-4-10)15-14(16)13-9-11(13)7-8-20(17,18)19/h10-13H,2-9H2,1H3,(H,15,16)(H,17,18,19)/t10?,11?,12?,13-/m0/s1. The molecule has 2 aliphatic carbocycles. The molecule has 2 atom stereocenters. The fourth-order valence-electron chi connectivity index (χ4n) is 3.21. The van der Waals surface area contributed by atoms with E-state index in [0.717, 1.165) is 25.2 Å². The number of amides is 1. The third-order valence-electron chi connectivity index (χ3n) is 4.78. The molecule has 2 saturated carbocycles. The molecule has 0 radical (unpaired) electrons. The summed E-state index contributed by atoms with van der Waals surface area (Å²) in [7, 11) is -3.90. The second-order valence-electron chi connectivity index (χ2n) is 6.31. The second kappa shape index (κ2) is 6.43. The molecule has 5 nitrogen and oxygen atoms in total. The Labute approximate surface area is 121 Å². The SMILES string of the molecule is CCC1CCC(NC(=O)[C@H]2CC2CCS(=O)(=O)O)CC1. The summed E-state index contributed by atoms with van der Waals surface area (Å²) in [5.41, 5.74) is 0. The van der Waals surface area contributed by atoms with Gasteiger partial charge in [-0.05, 0) is 50.4 Å². The van der Waals surface area contributed by atoms with Crippen LogP contribution < -0.4 is 5.32 Å². The Morgan fingerprint density at radius 1 is 1.25 bits per heavy atom. The summed E-state index contributed by atoms with van der Waals surface area (Å²) < 4.78 is 30.0. The van der Waals surface area contributed by atoms with Crippen LogP contribution in [0.1, 0.15) is 51.9 Å². The molecule has 0 bridgehead atoms. The Morgan fingerprint density at radius 2 is 1.90 bits per heavy atom. The van der Waals surface area contributed by atoms with Gasteiger partial charge in [0.15, 0.2) is 0 Å². The maximum atomic E-state index is 12.0. The molecule has 0 aliphatic heterocycles. The van der Waals surface area contributed by atoms with E-state index in [2.05, 4.69) is 12.2 Å². The first kappa shape index (κ1) is 15.8. The fourth-order valence-corrected chi connectivity index (χ4v) is 3.81. The zero-order valence-electron chi connectivity index (χ0n) is 12.0. The molecule has 6 heteroatoms. The normalized spacial score (nSPS) is 33.7. The Balaban J connectivity index is 1.67. The van der Waals surface area contributed by atoms with E-state index in [1.807, 2.05) is 0 Å². The topological polar surface area (TPSA) is 83.5 Å². The molecular weight excluding hydrogens is 278 g/mol. The summed E-state index contributed by atoms with van der Waals surface area (Å²) in [6.07, 6.45) is 6.88. The number of carbonyl (C=O) groups excluding carboxylic acids is 1. The van der Waals surface area contributed by atoms with Crippen molar-refractivity contribution in [2.75, 3.05) is 5.75 Å². The van der Waals surface area contributed by atoms with Crippen LogP contribution in [0.15, 0.2) is 0 Å². The minimum atomic E-state index is -3.90. The number of nitrogens with one attached hydrogen (secondary N) is 1. The van der Waals surface area contributed by atoms with Crippen molar-refractivity contribution in [3.8, 4) is 0 Å². The highest BCUT2D eigenvalue weighted by Crippen LogP contribution is 2.42. The molecule has 1 unspecified atom stereocenters. The van der Waals surface area contributed by atoms with Gasteiger partial charge in [0.1, 0.15) is 0 Å². The first-order valence-electron chi connectivity index (χ1n) is 7.64. The Bertz CT molecular complexity index is 440. The predicted octanol–water partition coefficient (Wildman–Crippen LogP) is 1.99. The molecular formula is C14H25NO4S. The van der Waals surface area contributed by atoms with E-state index < -0.39 is 10.1 Å². The highest BCUT2D eigenvalue weighted by molar-refractivity contribution is 7.85. The lowest BCUT2D eigenvalue weighted by molar-refractivity contribution is -0.123. The first-order valence-corrected chi connectivity index (χ1v) is 9.25. The largest absolute Gasteiger partial charge is 0.353 e. The molecule has 0 saturated heterocycles. The van der Waals surface area contributed by atoms with Gasteiger partial charge >= 0.3 is 0 Å². The van der Waals surface area contributed by atoms with Gasteiger partial charge in [-0.1, -0.05) is 13.3 Å². The van der Waals surface area contributed by atoms with Crippen molar-refractivity contribution < 1.29 is 17.8 Å². The quantitative estimate of drug-likeness (QED) is 0.735. The zero-order chi connectivity index (χ0) is 14.8. The third kappa shape index (κ3) is 4.74. The van der Waals surface area contributed by atoms with Gasteiger partial charge in [0, 0.05) is 12.0 Å². The van der Waals surface area contributed by atoms with E-state index in [1.54, 1.807) is 0 Å². The number of hydrogen-bond donors (Lipinski definition) is 2. The van der Waals surface area contributed by atoms with Crippen molar-refractivity contribution in [3.63, 3.8) is 0 Å². The van der Waals surface area contributed by atoms with Crippen LogP contribution in [0.2, 0.25) is 0 Å². The van der Waals surface area contributed by atoms with E-state index in [1.165, 1.54) is 19.3 Å². The molecule has 0 aromatic rings. The van der Waals surface area contributed by atoms with E-state index >= 15 is 0 Å². The molecule has 0 aromatic carbocycles. The molecule has 20 heavy (non-hydrogen) atoms. The van der Waals surface area contributed by atoms with E-state index in [9.17, 15) is 13.2 Å². The maximum Gasteiger partial charge on any atom is 0.264 e. The zero-order valence-corrected chi connectivity index (χ0v) is 12.9. The van der Waals surface area contributed by atoms with Crippen molar-refractivity contribution in [2.24, 2.45) is 17.8 Å².